The van der Waals surface area contributed by atoms with Crippen molar-refractivity contribution >= 4 is 17.7 Å². The normalized spacial score (nSPS) is 14.7. The number of benzene rings is 1. The zero-order valence-corrected chi connectivity index (χ0v) is 12.0. The monoisotopic (exact) mass is 299 g/mol. The molecule has 1 aliphatic heterocycles. The van der Waals surface area contributed by atoms with Gasteiger partial charge in [0.25, 0.3) is 0 Å². The number of rotatable bonds is 2. The zero-order valence-electron chi connectivity index (χ0n) is 12.0. The molecule has 1 aromatic heterocycles. The molecule has 7 nitrogen and oxygen atoms in total. The first-order valence-electron chi connectivity index (χ1n) is 7.10. The van der Waals surface area contributed by atoms with E-state index in [9.17, 15) is 9.90 Å². The first-order chi connectivity index (χ1) is 10.7. The molecule has 2 heterocycles. The summed E-state index contributed by atoms with van der Waals surface area (Å²) >= 11 is 0. The number of aromatic hydroxyl groups is 1. The molecule has 2 aromatic rings. The second-order valence-electron chi connectivity index (χ2n) is 4.97. The van der Waals surface area contributed by atoms with Crippen molar-refractivity contribution in [2.45, 2.75) is 0 Å². The van der Waals surface area contributed by atoms with Gasteiger partial charge in [0.2, 0.25) is 5.95 Å². The van der Waals surface area contributed by atoms with Crippen LogP contribution in [0.2, 0.25) is 0 Å². The molecule has 0 spiro atoms. The molecular formula is C15H17N5O2. The number of carbonyl (C=O) groups is 1. The maximum Gasteiger partial charge on any atom is 0.322 e. The van der Waals surface area contributed by atoms with Crippen LogP contribution in [0.4, 0.5) is 16.4 Å². The Balaban J connectivity index is 1.57. The minimum atomic E-state index is -0.213. The highest BCUT2D eigenvalue weighted by Gasteiger charge is 2.22. The second-order valence-corrected chi connectivity index (χ2v) is 4.97. The topological polar surface area (TPSA) is 81.6 Å². The fourth-order valence-electron chi connectivity index (χ4n) is 2.34. The maximum atomic E-state index is 12.2. The highest BCUT2D eigenvalue weighted by Crippen LogP contribution is 2.22. The standard InChI is InChI=1S/C15H17N5O2/c21-13-5-2-1-4-12(13)18-15(22)20-10-8-19(9-11-20)14-16-6-3-7-17-14/h1-7,21H,8-11H2,(H,18,22). The molecule has 0 bridgehead atoms. The largest absolute Gasteiger partial charge is 0.506 e. The van der Waals surface area contributed by atoms with Gasteiger partial charge in [0, 0.05) is 38.6 Å². The van der Waals surface area contributed by atoms with Gasteiger partial charge in [-0.15, -0.1) is 0 Å². The molecule has 1 aliphatic rings. The number of piperazine rings is 1. The van der Waals surface area contributed by atoms with Gasteiger partial charge in [-0.2, -0.15) is 0 Å². The van der Waals surface area contributed by atoms with Crippen LogP contribution in [-0.4, -0.2) is 52.2 Å². The Morgan fingerprint density at radius 1 is 1.05 bits per heavy atom. The van der Waals surface area contributed by atoms with Gasteiger partial charge in [-0.1, -0.05) is 12.1 Å². The van der Waals surface area contributed by atoms with E-state index in [4.69, 9.17) is 0 Å². The van der Waals surface area contributed by atoms with Crippen LogP contribution in [-0.2, 0) is 0 Å². The number of anilines is 2. The summed E-state index contributed by atoms with van der Waals surface area (Å²) in [6.07, 6.45) is 3.42. The summed E-state index contributed by atoms with van der Waals surface area (Å²) in [5.41, 5.74) is 0.418. The molecule has 3 rings (SSSR count). The number of carbonyl (C=O) groups excluding carboxylic acids is 1. The maximum absolute atomic E-state index is 12.2. The molecule has 0 radical (unpaired) electrons. The Kier molecular flexibility index (Phi) is 4.04. The Hall–Kier alpha value is -2.83. The number of para-hydroxylation sites is 2. The SMILES string of the molecule is O=C(Nc1ccccc1O)N1CCN(c2ncccn2)CC1. The van der Waals surface area contributed by atoms with Gasteiger partial charge in [-0.25, -0.2) is 14.8 Å². The number of phenolic OH excluding ortho intramolecular Hbond substituents is 1. The predicted molar refractivity (Wildman–Crippen MR) is 82.9 cm³/mol. The van der Waals surface area contributed by atoms with Crippen LogP contribution in [0, 0.1) is 0 Å². The third-order valence-corrected chi connectivity index (χ3v) is 3.55. The molecule has 1 aromatic carbocycles. The van der Waals surface area contributed by atoms with E-state index in [-0.39, 0.29) is 11.8 Å². The number of urea groups is 1. The quantitative estimate of drug-likeness (QED) is 0.822. The number of hydrogen-bond acceptors (Lipinski definition) is 5. The van der Waals surface area contributed by atoms with E-state index < -0.39 is 0 Å². The van der Waals surface area contributed by atoms with Gasteiger partial charge in [0.15, 0.2) is 0 Å². The third kappa shape index (κ3) is 3.08. The van der Waals surface area contributed by atoms with Crippen molar-refractivity contribution in [3.63, 3.8) is 0 Å². The summed E-state index contributed by atoms with van der Waals surface area (Å²) in [6.45, 7) is 2.52. The number of nitrogens with zero attached hydrogens (tertiary/aromatic N) is 4. The zero-order chi connectivity index (χ0) is 15.4. The fraction of sp³-hybridized carbons (Fsp3) is 0.267. The van der Waals surface area contributed by atoms with E-state index in [0.29, 0.717) is 37.8 Å². The van der Waals surface area contributed by atoms with Gasteiger partial charge in [-0.05, 0) is 18.2 Å². The number of nitrogens with one attached hydrogen (secondary N) is 1. The Morgan fingerprint density at radius 3 is 2.41 bits per heavy atom. The van der Waals surface area contributed by atoms with Crippen LogP contribution in [0.5, 0.6) is 5.75 Å². The summed E-state index contributed by atoms with van der Waals surface area (Å²) < 4.78 is 0. The highest BCUT2D eigenvalue weighted by molar-refractivity contribution is 5.91. The van der Waals surface area contributed by atoms with Crippen molar-refractivity contribution in [1.29, 1.82) is 0 Å². The third-order valence-electron chi connectivity index (χ3n) is 3.55. The molecule has 22 heavy (non-hydrogen) atoms. The molecule has 0 saturated carbocycles. The van der Waals surface area contributed by atoms with E-state index in [1.807, 2.05) is 4.90 Å². The molecule has 114 valence electrons. The lowest BCUT2D eigenvalue weighted by Crippen LogP contribution is -2.50. The van der Waals surface area contributed by atoms with Gasteiger partial charge >= 0.3 is 6.03 Å². The summed E-state index contributed by atoms with van der Waals surface area (Å²) in [6, 6.07) is 8.25. The lowest BCUT2D eigenvalue weighted by molar-refractivity contribution is 0.208. The molecule has 0 aliphatic carbocycles. The first-order valence-corrected chi connectivity index (χ1v) is 7.10. The Bertz CT molecular complexity index is 641. The molecule has 1 fully saturated rings. The molecule has 2 N–H and O–H groups in total. The average Bonchev–Trinajstić information content (AvgIpc) is 2.58. The fourth-order valence-corrected chi connectivity index (χ4v) is 2.34. The minimum absolute atomic E-state index is 0.0622. The van der Waals surface area contributed by atoms with E-state index in [2.05, 4.69) is 15.3 Å². The highest BCUT2D eigenvalue weighted by atomic mass is 16.3. The predicted octanol–water partition coefficient (Wildman–Crippen LogP) is 1.54. The number of amides is 2. The van der Waals surface area contributed by atoms with Gasteiger partial charge in [-0.3, -0.25) is 0 Å². The summed E-state index contributed by atoms with van der Waals surface area (Å²) in [5.74, 6) is 0.746. The molecule has 7 heteroatoms. The van der Waals surface area contributed by atoms with Gasteiger partial charge in [0.05, 0.1) is 5.69 Å². The lowest BCUT2D eigenvalue weighted by Gasteiger charge is -2.34. The second kappa shape index (κ2) is 6.30. The molecule has 0 atom stereocenters. The molecule has 0 unspecified atom stereocenters. The van der Waals surface area contributed by atoms with E-state index >= 15 is 0 Å². The van der Waals surface area contributed by atoms with Crippen LogP contribution < -0.4 is 10.2 Å². The average molecular weight is 299 g/mol. The van der Waals surface area contributed by atoms with Crippen molar-refractivity contribution in [3.05, 3.63) is 42.7 Å². The smallest absolute Gasteiger partial charge is 0.322 e. The van der Waals surface area contributed by atoms with Crippen LogP contribution in [0.25, 0.3) is 0 Å². The van der Waals surface area contributed by atoms with Crippen LogP contribution in [0.3, 0.4) is 0 Å². The van der Waals surface area contributed by atoms with E-state index in [0.717, 1.165) is 0 Å². The minimum Gasteiger partial charge on any atom is -0.506 e. The number of aromatic nitrogens is 2. The summed E-state index contributed by atoms with van der Waals surface area (Å²) in [4.78, 5) is 24.4. The Labute approximate surface area is 128 Å². The van der Waals surface area contributed by atoms with Gasteiger partial charge in [0.1, 0.15) is 5.75 Å². The Morgan fingerprint density at radius 2 is 1.73 bits per heavy atom. The summed E-state index contributed by atoms with van der Waals surface area (Å²) in [5, 5.41) is 12.4. The van der Waals surface area contributed by atoms with Crippen molar-refractivity contribution in [2.24, 2.45) is 0 Å². The van der Waals surface area contributed by atoms with Crippen molar-refractivity contribution < 1.29 is 9.90 Å². The van der Waals surface area contributed by atoms with Crippen LogP contribution in [0.15, 0.2) is 42.7 Å². The summed E-state index contributed by atoms with van der Waals surface area (Å²) in [7, 11) is 0. The lowest BCUT2D eigenvalue weighted by atomic mass is 10.3. The molecule has 1 saturated heterocycles. The first kappa shape index (κ1) is 14.1. The van der Waals surface area contributed by atoms with Crippen LogP contribution >= 0.6 is 0 Å². The molecular weight excluding hydrogens is 282 g/mol. The van der Waals surface area contributed by atoms with Crippen molar-refractivity contribution in [1.82, 2.24) is 14.9 Å². The van der Waals surface area contributed by atoms with E-state index in [1.165, 1.54) is 0 Å². The molecule has 2 amide bonds. The van der Waals surface area contributed by atoms with Gasteiger partial charge < -0.3 is 20.2 Å². The van der Waals surface area contributed by atoms with E-state index in [1.54, 1.807) is 47.6 Å². The number of phenols is 1. The van der Waals surface area contributed by atoms with Crippen molar-refractivity contribution in [2.75, 3.05) is 36.4 Å². The van der Waals surface area contributed by atoms with Crippen molar-refractivity contribution in [3.8, 4) is 5.75 Å². The van der Waals surface area contributed by atoms with Crippen LogP contribution in [0.1, 0.15) is 0 Å². The number of hydrogen-bond donors (Lipinski definition) is 2.